The van der Waals surface area contributed by atoms with E-state index in [4.69, 9.17) is 26.8 Å². The van der Waals surface area contributed by atoms with Crippen molar-refractivity contribution in [1.29, 1.82) is 0 Å². The molecule has 0 unspecified atom stereocenters. The van der Waals surface area contributed by atoms with Gasteiger partial charge in [0.25, 0.3) is 0 Å². The van der Waals surface area contributed by atoms with Gasteiger partial charge in [0.15, 0.2) is 10.8 Å². The van der Waals surface area contributed by atoms with Crippen molar-refractivity contribution in [3.8, 4) is 0 Å². The maximum Gasteiger partial charge on any atom is 0.302 e. The number of rotatable bonds is 6. The number of carbonyl (C=O) groups is 2. The molecule has 9 nitrogen and oxygen atoms in total. The Balaban J connectivity index is 1.84. The monoisotopic (exact) mass is 367 g/mol. The van der Waals surface area contributed by atoms with Gasteiger partial charge in [-0.05, 0) is 6.42 Å². The lowest BCUT2D eigenvalue weighted by atomic mass is 10.1. The summed E-state index contributed by atoms with van der Waals surface area (Å²) in [5, 5.41) is 0.183. The minimum absolute atomic E-state index is 0.0561. The number of nitrogens with two attached hydrogens (primary N) is 1. The molecule has 1 fully saturated rings. The van der Waals surface area contributed by atoms with E-state index in [1.165, 1.54) is 13.8 Å². The number of hydrogen-bond acceptors (Lipinski definition) is 8. The van der Waals surface area contributed by atoms with Crippen molar-refractivity contribution < 1.29 is 19.1 Å². The van der Waals surface area contributed by atoms with Crippen LogP contribution in [0.2, 0.25) is 5.15 Å². The number of esters is 2. The Hall–Kier alpha value is -2.42. The third kappa shape index (κ3) is 3.65. The van der Waals surface area contributed by atoms with Gasteiger partial charge in [0.05, 0.1) is 19.5 Å². The predicted molar refractivity (Wildman–Crippen MR) is 88.6 cm³/mol. The van der Waals surface area contributed by atoms with E-state index in [2.05, 4.69) is 15.0 Å². The molecule has 1 aliphatic rings. The number of imidazole rings is 1. The fraction of sp³-hybridized carbons (Fsp3) is 0.533. The first kappa shape index (κ1) is 17.4. The van der Waals surface area contributed by atoms with E-state index in [1.807, 2.05) is 0 Å². The molecule has 0 spiro atoms. The van der Waals surface area contributed by atoms with Crippen LogP contribution in [0.1, 0.15) is 20.3 Å². The van der Waals surface area contributed by atoms with Gasteiger partial charge in [-0.2, -0.15) is 9.97 Å². The Kier molecular flexibility index (Phi) is 4.51. The first-order chi connectivity index (χ1) is 11.8. The predicted octanol–water partition coefficient (Wildman–Crippen LogP) is 1.19. The smallest absolute Gasteiger partial charge is 0.302 e. The van der Waals surface area contributed by atoms with E-state index in [0.29, 0.717) is 17.7 Å². The SMILES string of the molecule is CC(=O)OC[C@@H]1C[C@@]1(COC(C)=O)Cn1cnc2c(Cl)nc(N)nc21. The summed E-state index contributed by atoms with van der Waals surface area (Å²) in [6, 6.07) is 0. The van der Waals surface area contributed by atoms with E-state index < -0.39 is 0 Å². The van der Waals surface area contributed by atoms with Crippen LogP contribution in [0.5, 0.6) is 0 Å². The van der Waals surface area contributed by atoms with Crippen molar-refractivity contribution in [3.05, 3.63) is 11.5 Å². The summed E-state index contributed by atoms with van der Waals surface area (Å²) in [6.07, 6.45) is 2.35. The molecule has 0 radical (unpaired) electrons. The Bertz CT molecular complexity index is 839. The second kappa shape index (κ2) is 6.47. The van der Waals surface area contributed by atoms with Crippen LogP contribution in [0, 0.1) is 11.3 Å². The quantitative estimate of drug-likeness (QED) is 0.596. The number of nitrogens with zero attached hydrogens (tertiary/aromatic N) is 4. The maximum atomic E-state index is 11.2. The zero-order chi connectivity index (χ0) is 18.2. The third-order valence-electron chi connectivity index (χ3n) is 4.33. The van der Waals surface area contributed by atoms with Crippen LogP contribution in [0.4, 0.5) is 5.95 Å². The molecule has 25 heavy (non-hydrogen) atoms. The summed E-state index contributed by atoms with van der Waals surface area (Å²) in [7, 11) is 0. The number of hydrogen-bond donors (Lipinski definition) is 1. The molecule has 1 saturated carbocycles. The van der Waals surface area contributed by atoms with E-state index >= 15 is 0 Å². The molecule has 2 atom stereocenters. The van der Waals surface area contributed by atoms with Crippen molar-refractivity contribution in [2.45, 2.75) is 26.8 Å². The van der Waals surface area contributed by atoms with Gasteiger partial charge in [0.2, 0.25) is 5.95 Å². The number of nitrogen functional groups attached to an aromatic ring is 1. The Morgan fingerprint density at radius 2 is 2.08 bits per heavy atom. The fourth-order valence-corrected chi connectivity index (χ4v) is 3.15. The van der Waals surface area contributed by atoms with E-state index in [0.717, 1.165) is 6.42 Å². The summed E-state index contributed by atoms with van der Waals surface area (Å²) < 4.78 is 12.1. The van der Waals surface area contributed by atoms with Gasteiger partial charge in [-0.3, -0.25) is 9.59 Å². The average Bonchev–Trinajstić information content (AvgIpc) is 3.06. The zero-order valence-corrected chi connectivity index (χ0v) is 14.6. The van der Waals surface area contributed by atoms with Crippen LogP contribution >= 0.6 is 11.6 Å². The standard InChI is InChI=1S/C15H18ClN5O4/c1-8(22)24-4-10-3-15(10,6-25-9(2)23)5-21-7-18-11-12(16)19-14(17)20-13(11)21/h7,10H,3-6H2,1-2H3,(H2,17,19,20)/t10-,15-/m0/s1. The first-order valence-corrected chi connectivity index (χ1v) is 8.09. The van der Waals surface area contributed by atoms with Crippen LogP contribution < -0.4 is 5.73 Å². The maximum absolute atomic E-state index is 11.2. The normalized spacial score (nSPS) is 22.0. The molecule has 0 aromatic carbocycles. The minimum atomic E-state index is -0.359. The molecule has 2 aromatic heterocycles. The van der Waals surface area contributed by atoms with Crippen molar-refractivity contribution >= 4 is 40.7 Å². The highest BCUT2D eigenvalue weighted by Gasteiger charge is 2.56. The Morgan fingerprint density at radius 3 is 2.76 bits per heavy atom. The van der Waals surface area contributed by atoms with E-state index in [1.54, 1.807) is 10.9 Å². The highest BCUT2D eigenvalue weighted by Crippen LogP contribution is 2.54. The molecule has 0 saturated heterocycles. The number of carbonyl (C=O) groups excluding carboxylic acids is 2. The topological polar surface area (TPSA) is 122 Å². The molecule has 134 valence electrons. The molecule has 2 N–H and O–H groups in total. The number of halogens is 1. The van der Waals surface area contributed by atoms with Gasteiger partial charge in [-0.1, -0.05) is 11.6 Å². The minimum Gasteiger partial charge on any atom is -0.466 e. The molecular weight excluding hydrogens is 350 g/mol. The molecular formula is C15H18ClN5O4. The summed E-state index contributed by atoms with van der Waals surface area (Å²) in [4.78, 5) is 34.6. The van der Waals surface area contributed by atoms with Gasteiger partial charge in [0.1, 0.15) is 5.52 Å². The Morgan fingerprint density at radius 1 is 1.36 bits per heavy atom. The molecule has 2 aromatic rings. The molecule has 1 aliphatic carbocycles. The summed E-state index contributed by atoms with van der Waals surface area (Å²) >= 11 is 6.04. The molecule has 10 heteroatoms. The van der Waals surface area contributed by atoms with Crippen LogP contribution in [-0.2, 0) is 25.6 Å². The number of anilines is 1. The molecule has 0 amide bonds. The van der Waals surface area contributed by atoms with Crippen molar-refractivity contribution in [2.24, 2.45) is 11.3 Å². The van der Waals surface area contributed by atoms with Gasteiger partial charge < -0.3 is 19.8 Å². The summed E-state index contributed by atoms with van der Waals surface area (Å²) in [5.41, 5.74) is 6.28. The number of ether oxygens (including phenoxy) is 2. The van der Waals surface area contributed by atoms with Crippen molar-refractivity contribution in [2.75, 3.05) is 18.9 Å². The first-order valence-electron chi connectivity index (χ1n) is 7.71. The summed E-state index contributed by atoms with van der Waals surface area (Å²) in [6.45, 7) is 3.71. The van der Waals surface area contributed by atoms with Crippen LogP contribution in [0.3, 0.4) is 0 Å². The second-order valence-electron chi connectivity index (χ2n) is 6.26. The highest BCUT2D eigenvalue weighted by molar-refractivity contribution is 6.33. The summed E-state index contributed by atoms with van der Waals surface area (Å²) in [5.74, 6) is -0.556. The number of aromatic nitrogens is 4. The third-order valence-corrected chi connectivity index (χ3v) is 4.60. The van der Waals surface area contributed by atoms with Gasteiger partial charge >= 0.3 is 11.9 Å². The number of fused-ring (bicyclic) bond motifs is 1. The van der Waals surface area contributed by atoms with Crippen LogP contribution in [-0.4, -0.2) is 44.7 Å². The average molecular weight is 368 g/mol. The molecule has 2 heterocycles. The van der Waals surface area contributed by atoms with Gasteiger partial charge in [-0.25, -0.2) is 4.98 Å². The van der Waals surface area contributed by atoms with Crippen molar-refractivity contribution in [3.63, 3.8) is 0 Å². The fourth-order valence-electron chi connectivity index (χ4n) is 2.93. The van der Waals surface area contributed by atoms with Crippen molar-refractivity contribution in [1.82, 2.24) is 19.5 Å². The van der Waals surface area contributed by atoms with E-state index in [-0.39, 0.29) is 47.6 Å². The lowest BCUT2D eigenvalue weighted by molar-refractivity contribution is -0.145. The lowest BCUT2D eigenvalue weighted by Gasteiger charge is -2.18. The lowest BCUT2D eigenvalue weighted by Crippen LogP contribution is -2.23. The van der Waals surface area contributed by atoms with E-state index in [9.17, 15) is 9.59 Å². The molecule has 0 aliphatic heterocycles. The van der Waals surface area contributed by atoms with Gasteiger partial charge in [0, 0.05) is 31.7 Å². The molecule has 0 bridgehead atoms. The zero-order valence-electron chi connectivity index (χ0n) is 13.9. The highest BCUT2D eigenvalue weighted by atomic mass is 35.5. The van der Waals surface area contributed by atoms with Crippen LogP contribution in [0.15, 0.2) is 6.33 Å². The largest absolute Gasteiger partial charge is 0.466 e. The van der Waals surface area contributed by atoms with Crippen LogP contribution in [0.25, 0.3) is 11.2 Å². The van der Waals surface area contributed by atoms with Gasteiger partial charge in [-0.15, -0.1) is 0 Å². The molecule has 3 rings (SSSR count). The second-order valence-corrected chi connectivity index (χ2v) is 6.62. The Labute approximate surface area is 148 Å².